The highest BCUT2D eigenvalue weighted by atomic mass is 35.5. The number of carbonyl (C=O) groups is 1. The minimum Gasteiger partial charge on any atom is -0.480 e. The second kappa shape index (κ2) is 4.18. The lowest BCUT2D eigenvalue weighted by molar-refractivity contribution is -0.137. The molecule has 1 heterocycles. The standard InChI is InChI=1S/C11H9ClN2O3/c1-6-2-3-7-8(4-6)13-11(12)14(10(7)17)5-9(15)16/h2-4H,5H2,1H3,(H,15,16). The number of aromatic nitrogens is 2. The van der Waals surface area contributed by atoms with Gasteiger partial charge in [-0.15, -0.1) is 0 Å². The van der Waals surface area contributed by atoms with Gasteiger partial charge in [-0.25, -0.2) is 4.98 Å². The number of carboxylic acid groups (broad SMARTS) is 1. The Kier molecular flexibility index (Phi) is 2.85. The second-order valence-electron chi connectivity index (χ2n) is 3.69. The molecule has 5 nitrogen and oxygen atoms in total. The summed E-state index contributed by atoms with van der Waals surface area (Å²) in [5, 5.41) is 8.93. The van der Waals surface area contributed by atoms with Gasteiger partial charge in [-0.05, 0) is 36.2 Å². The Morgan fingerprint density at radius 2 is 2.24 bits per heavy atom. The van der Waals surface area contributed by atoms with Crippen molar-refractivity contribution in [2.75, 3.05) is 0 Å². The normalized spacial score (nSPS) is 10.7. The number of halogens is 1. The first-order chi connectivity index (χ1) is 7.99. The molecule has 0 saturated heterocycles. The Labute approximate surface area is 101 Å². The monoisotopic (exact) mass is 252 g/mol. The molecular formula is C11H9ClN2O3. The van der Waals surface area contributed by atoms with Gasteiger partial charge in [0.05, 0.1) is 10.9 Å². The van der Waals surface area contributed by atoms with Crippen LogP contribution in [0.15, 0.2) is 23.0 Å². The summed E-state index contributed by atoms with van der Waals surface area (Å²) in [4.78, 5) is 26.6. The van der Waals surface area contributed by atoms with E-state index in [1.54, 1.807) is 18.2 Å². The van der Waals surface area contributed by atoms with E-state index >= 15 is 0 Å². The van der Waals surface area contributed by atoms with Crippen molar-refractivity contribution in [2.24, 2.45) is 0 Å². The van der Waals surface area contributed by atoms with Crippen LogP contribution < -0.4 is 5.56 Å². The first-order valence-corrected chi connectivity index (χ1v) is 5.25. The lowest BCUT2D eigenvalue weighted by atomic mass is 10.2. The van der Waals surface area contributed by atoms with E-state index in [4.69, 9.17) is 16.7 Å². The van der Waals surface area contributed by atoms with Crippen molar-refractivity contribution < 1.29 is 9.90 Å². The summed E-state index contributed by atoms with van der Waals surface area (Å²) in [6.07, 6.45) is 0. The van der Waals surface area contributed by atoms with Crippen LogP contribution in [-0.2, 0) is 11.3 Å². The molecule has 0 fully saturated rings. The van der Waals surface area contributed by atoms with Crippen LogP contribution >= 0.6 is 11.6 Å². The zero-order valence-corrected chi connectivity index (χ0v) is 9.73. The molecule has 0 radical (unpaired) electrons. The average Bonchev–Trinajstić information content (AvgIpc) is 2.23. The van der Waals surface area contributed by atoms with Crippen LogP contribution in [0.3, 0.4) is 0 Å². The summed E-state index contributed by atoms with van der Waals surface area (Å²) < 4.78 is 0.932. The van der Waals surface area contributed by atoms with E-state index in [0.717, 1.165) is 10.1 Å². The number of aliphatic carboxylic acids is 1. The molecule has 88 valence electrons. The summed E-state index contributed by atoms with van der Waals surface area (Å²) >= 11 is 5.79. The number of carboxylic acids is 1. The van der Waals surface area contributed by atoms with Crippen molar-refractivity contribution in [3.63, 3.8) is 0 Å². The van der Waals surface area contributed by atoms with Crippen molar-refractivity contribution in [3.05, 3.63) is 39.4 Å². The van der Waals surface area contributed by atoms with Crippen molar-refractivity contribution in [1.29, 1.82) is 0 Å². The molecule has 0 amide bonds. The maximum Gasteiger partial charge on any atom is 0.323 e. The Hall–Kier alpha value is -1.88. The van der Waals surface area contributed by atoms with Crippen LogP contribution in [0.1, 0.15) is 5.56 Å². The first-order valence-electron chi connectivity index (χ1n) is 4.87. The van der Waals surface area contributed by atoms with E-state index < -0.39 is 18.1 Å². The molecule has 0 unspecified atom stereocenters. The van der Waals surface area contributed by atoms with Gasteiger partial charge < -0.3 is 5.11 Å². The Balaban J connectivity index is 2.76. The van der Waals surface area contributed by atoms with E-state index in [0.29, 0.717) is 10.9 Å². The van der Waals surface area contributed by atoms with Crippen LogP contribution in [-0.4, -0.2) is 20.6 Å². The van der Waals surface area contributed by atoms with Crippen LogP contribution in [0.4, 0.5) is 0 Å². The number of fused-ring (bicyclic) bond motifs is 1. The van der Waals surface area contributed by atoms with E-state index in [2.05, 4.69) is 4.98 Å². The van der Waals surface area contributed by atoms with Gasteiger partial charge in [0, 0.05) is 0 Å². The van der Waals surface area contributed by atoms with Crippen molar-refractivity contribution in [3.8, 4) is 0 Å². The molecule has 17 heavy (non-hydrogen) atoms. The Morgan fingerprint density at radius 1 is 1.53 bits per heavy atom. The molecule has 0 saturated carbocycles. The molecular weight excluding hydrogens is 244 g/mol. The summed E-state index contributed by atoms with van der Waals surface area (Å²) in [7, 11) is 0. The van der Waals surface area contributed by atoms with Gasteiger partial charge >= 0.3 is 5.97 Å². The SMILES string of the molecule is Cc1ccc2c(=O)n(CC(=O)O)c(Cl)nc2c1. The molecule has 2 rings (SSSR count). The van der Waals surface area contributed by atoms with Gasteiger partial charge in [0.1, 0.15) is 6.54 Å². The fourth-order valence-corrected chi connectivity index (χ4v) is 1.80. The number of benzene rings is 1. The Morgan fingerprint density at radius 3 is 2.88 bits per heavy atom. The van der Waals surface area contributed by atoms with Crippen molar-refractivity contribution in [1.82, 2.24) is 9.55 Å². The van der Waals surface area contributed by atoms with Gasteiger partial charge in [-0.1, -0.05) is 6.07 Å². The quantitative estimate of drug-likeness (QED) is 0.821. The van der Waals surface area contributed by atoms with Gasteiger partial charge in [0.25, 0.3) is 5.56 Å². The molecule has 0 aliphatic rings. The molecule has 0 spiro atoms. The molecule has 1 aromatic heterocycles. The minimum atomic E-state index is -1.14. The maximum absolute atomic E-state index is 12.0. The fraction of sp³-hybridized carbons (Fsp3) is 0.182. The largest absolute Gasteiger partial charge is 0.480 e. The molecule has 2 aromatic rings. The summed E-state index contributed by atoms with van der Waals surface area (Å²) in [6, 6.07) is 5.12. The first kappa shape index (κ1) is 11.6. The molecule has 0 bridgehead atoms. The van der Waals surface area contributed by atoms with Crippen LogP contribution in [0.5, 0.6) is 0 Å². The van der Waals surface area contributed by atoms with Crippen LogP contribution in [0.2, 0.25) is 5.28 Å². The van der Waals surface area contributed by atoms with Crippen LogP contribution in [0, 0.1) is 6.92 Å². The second-order valence-corrected chi connectivity index (χ2v) is 4.02. The third-order valence-electron chi connectivity index (χ3n) is 2.36. The van der Waals surface area contributed by atoms with Gasteiger partial charge in [-0.2, -0.15) is 0 Å². The number of rotatable bonds is 2. The van der Waals surface area contributed by atoms with Crippen molar-refractivity contribution >= 4 is 28.5 Å². The Bertz CT molecular complexity index is 664. The van der Waals surface area contributed by atoms with E-state index in [1.165, 1.54) is 0 Å². The topological polar surface area (TPSA) is 72.2 Å². The molecule has 0 aliphatic heterocycles. The molecule has 1 aromatic carbocycles. The highest BCUT2D eigenvalue weighted by molar-refractivity contribution is 6.28. The molecule has 0 aliphatic carbocycles. The molecule has 1 N–H and O–H groups in total. The predicted molar refractivity (Wildman–Crippen MR) is 63.4 cm³/mol. The van der Waals surface area contributed by atoms with E-state index in [1.807, 2.05) is 6.92 Å². The highest BCUT2D eigenvalue weighted by Crippen LogP contribution is 2.13. The van der Waals surface area contributed by atoms with E-state index in [-0.39, 0.29) is 5.28 Å². The van der Waals surface area contributed by atoms with Gasteiger partial charge in [0.15, 0.2) is 0 Å². The number of nitrogens with zero attached hydrogens (tertiary/aromatic N) is 2. The summed E-state index contributed by atoms with van der Waals surface area (Å²) in [5.74, 6) is -1.14. The number of aryl methyl sites for hydroxylation is 1. The fourth-order valence-electron chi connectivity index (χ4n) is 1.58. The average molecular weight is 253 g/mol. The lowest BCUT2D eigenvalue weighted by Crippen LogP contribution is -2.25. The number of hydrogen-bond acceptors (Lipinski definition) is 3. The van der Waals surface area contributed by atoms with Crippen molar-refractivity contribution in [2.45, 2.75) is 13.5 Å². The van der Waals surface area contributed by atoms with Gasteiger partial charge in [0.2, 0.25) is 5.28 Å². The molecule has 0 atom stereocenters. The summed E-state index contributed by atoms with van der Waals surface area (Å²) in [6.45, 7) is 1.38. The summed E-state index contributed by atoms with van der Waals surface area (Å²) in [5.41, 5.74) is 0.987. The van der Waals surface area contributed by atoms with Gasteiger partial charge in [-0.3, -0.25) is 14.2 Å². The lowest BCUT2D eigenvalue weighted by Gasteiger charge is -2.06. The smallest absolute Gasteiger partial charge is 0.323 e. The maximum atomic E-state index is 12.0. The van der Waals surface area contributed by atoms with E-state index in [9.17, 15) is 9.59 Å². The van der Waals surface area contributed by atoms with Crippen LogP contribution in [0.25, 0.3) is 10.9 Å². The third-order valence-corrected chi connectivity index (χ3v) is 2.65. The zero-order valence-electron chi connectivity index (χ0n) is 8.98. The molecule has 6 heteroatoms. The minimum absolute atomic E-state index is 0.115. The third kappa shape index (κ3) is 2.14. The highest BCUT2D eigenvalue weighted by Gasteiger charge is 2.11. The number of hydrogen-bond donors (Lipinski definition) is 1. The zero-order chi connectivity index (χ0) is 12.6. The predicted octanol–water partition coefficient (Wildman–Crippen LogP) is 1.44.